The van der Waals surface area contributed by atoms with Crippen molar-refractivity contribution in [2.24, 2.45) is 4.99 Å². The van der Waals surface area contributed by atoms with Gasteiger partial charge in [0.1, 0.15) is 5.75 Å². The van der Waals surface area contributed by atoms with Crippen molar-refractivity contribution in [2.75, 3.05) is 13.2 Å². The summed E-state index contributed by atoms with van der Waals surface area (Å²) in [6, 6.07) is 16.6. The number of rotatable bonds is 7. The van der Waals surface area contributed by atoms with Crippen LogP contribution in [0.2, 0.25) is 0 Å². The summed E-state index contributed by atoms with van der Waals surface area (Å²) in [5.74, 6) is 0.346. The van der Waals surface area contributed by atoms with E-state index >= 15 is 0 Å². The summed E-state index contributed by atoms with van der Waals surface area (Å²) < 4.78 is 13.1. The van der Waals surface area contributed by atoms with Gasteiger partial charge >= 0.3 is 5.97 Å². The van der Waals surface area contributed by atoms with Crippen LogP contribution in [-0.2, 0) is 9.53 Å². The normalized spacial score (nSPS) is 15.7. The van der Waals surface area contributed by atoms with Crippen LogP contribution in [0, 0.1) is 0 Å². The molecule has 0 N–H and O–H groups in total. The fourth-order valence-corrected chi connectivity index (χ4v) is 4.82. The molecule has 2 aromatic carbocycles. The molecule has 0 radical (unpaired) electrons. The second-order valence-electron chi connectivity index (χ2n) is 7.63. The number of allylic oxidation sites excluding steroid dienone is 1. The lowest BCUT2D eigenvalue weighted by Gasteiger charge is -2.24. The Balaban J connectivity index is 1.83. The zero-order chi connectivity index (χ0) is 23.4. The molecule has 0 bridgehead atoms. The molecule has 0 unspecified atom stereocenters. The van der Waals surface area contributed by atoms with Gasteiger partial charge < -0.3 is 9.47 Å². The molecule has 1 aromatic heterocycles. The van der Waals surface area contributed by atoms with E-state index in [0.29, 0.717) is 27.2 Å². The third-order valence-electron chi connectivity index (χ3n) is 5.28. The molecule has 0 saturated heterocycles. The Kier molecular flexibility index (Phi) is 6.89. The molecule has 33 heavy (non-hydrogen) atoms. The standard InChI is InChI=1S/C26H26N2O4S/c1-4-15-32-20-13-11-18(12-14-20)16-21-24(29)28-23(19-9-7-6-8-10-19)22(25(30)31-5-2)17(3)27-26(28)33-21/h6-14,16,23H,4-5,15H2,1-3H3/b21-16+/t23-/m1/s1. The van der Waals surface area contributed by atoms with Gasteiger partial charge in [-0.3, -0.25) is 9.36 Å². The smallest absolute Gasteiger partial charge is 0.338 e. The molecule has 1 aliphatic heterocycles. The first kappa shape index (κ1) is 22.7. The summed E-state index contributed by atoms with van der Waals surface area (Å²) in [5, 5.41) is 0. The monoisotopic (exact) mass is 462 g/mol. The molecule has 0 fully saturated rings. The molecule has 6 nitrogen and oxygen atoms in total. The first-order valence-corrected chi connectivity index (χ1v) is 11.8. The van der Waals surface area contributed by atoms with Crippen LogP contribution >= 0.6 is 11.3 Å². The Labute approximate surface area is 196 Å². The zero-order valence-corrected chi connectivity index (χ0v) is 19.7. The summed E-state index contributed by atoms with van der Waals surface area (Å²) >= 11 is 1.31. The maximum atomic E-state index is 13.5. The van der Waals surface area contributed by atoms with Crippen LogP contribution in [-0.4, -0.2) is 23.8 Å². The van der Waals surface area contributed by atoms with E-state index in [-0.39, 0.29) is 12.2 Å². The van der Waals surface area contributed by atoms with Crippen molar-refractivity contribution in [3.63, 3.8) is 0 Å². The van der Waals surface area contributed by atoms with Gasteiger partial charge in [0.2, 0.25) is 0 Å². The summed E-state index contributed by atoms with van der Waals surface area (Å²) in [7, 11) is 0. The first-order chi connectivity index (χ1) is 16.0. The number of aromatic nitrogens is 1. The number of fused-ring (bicyclic) bond motifs is 1. The van der Waals surface area contributed by atoms with E-state index in [1.807, 2.05) is 60.7 Å². The van der Waals surface area contributed by atoms with Crippen molar-refractivity contribution < 1.29 is 14.3 Å². The number of thiazole rings is 1. The van der Waals surface area contributed by atoms with Gasteiger partial charge in [-0.05, 0) is 49.6 Å². The van der Waals surface area contributed by atoms with E-state index in [2.05, 4.69) is 11.9 Å². The Hall–Kier alpha value is -3.45. The van der Waals surface area contributed by atoms with E-state index in [1.54, 1.807) is 18.4 Å². The van der Waals surface area contributed by atoms with Gasteiger partial charge in [-0.25, -0.2) is 9.79 Å². The highest BCUT2D eigenvalue weighted by molar-refractivity contribution is 7.07. The van der Waals surface area contributed by atoms with Crippen molar-refractivity contribution in [3.8, 4) is 5.75 Å². The number of esters is 1. The molecular weight excluding hydrogens is 436 g/mol. The quantitative estimate of drug-likeness (QED) is 0.503. The third-order valence-corrected chi connectivity index (χ3v) is 6.27. The lowest BCUT2D eigenvalue weighted by Crippen LogP contribution is -2.39. The number of carbonyl (C=O) groups excluding carboxylic acids is 1. The molecule has 3 aromatic rings. The van der Waals surface area contributed by atoms with Crippen LogP contribution in [0.3, 0.4) is 0 Å². The summed E-state index contributed by atoms with van der Waals surface area (Å²) in [5.41, 5.74) is 2.49. The molecule has 2 heterocycles. The minimum Gasteiger partial charge on any atom is -0.494 e. The van der Waals surface area contributed by atoms with Crippen LogP contribution < -0.4 is 19.6 Å². The third kappa shape index (κ3) is 4.68. The number of ether oxygens (including phenoxy) is 2. The van der Waals surface area contributed by atoms with E-state index in [0.717, 1.165) is 23.3 Å². The highest BCUT2D eigenvalue weighted by Gasteiger charge is 2.33. The fraction of sp³-hybridized carbons (Fsp3) is 0.269. The lowest BCUT2D eigenvalue weighted by molar-refractivity contribution is -0.139. The van der Waals surface area contributed by atoms with E-state index in [4.69, 9.17) is 9.47 Å². The van der Waals surface area contributed by atoms with Crippen LogP contribution in [0.15, 0.2) is 75.7 Å². The Morgan fingerprint density at radius 1 is 1.12 bits per heavy atom. The Morgan fingerprint density at radius 3 is 2.52 bits per heavy atom. The first-order valence-electron chi connectivity index (χ1n) is 11.0. The summed E-state index contributed by atoms with van der Waals surface area (Å²) in [6.45, 7) is 6.53. The number of hydrogen-bond acceptors (Lipinski definition) is 6. The van der Waals surface area contributed by atoms with Crippen molar-refractivity contribution >= 4 is 23.4 Å². The average molecular weight is 463 g/mol. The van der Waals surface area contributed by atoms with Crippen molar-refractivity contribution in [3.05, 3.63) is 96.7 Å². The fourth-order valence-electron chi connectivity index (χ4n) is 3.77. The maximum absolute atomic E-state index is 13.5. The van der Waals surface area contributed by atoms with Crippen LogP contribution in [0.4, 0.5) is 0 Å². The SMILES string of the molecule is CCCOc1ccc(/C=c2/sc3n(c2=O)[C@H](c2ccccc2)C(C(=O)OCC)=C(C)N=3)cc1. The van der Waals surface area contributed by atoms with Gasteiger partial charge in [-0.1, -0.05) is 60.7 Å². The highest BCUT2D eigenvalue weighted by atomic mass is 32.1. The van der Waals surface area contributed by atoms with E-state index in [1.165, 1.54) is 11.3 Å². The second kappa shape index (κ2) is 10.0. The van der Waals surface area contributed by atoms with Crippen molar-refractivity contribution in [1.82, 2.24) is 4.57 Å². The number of benzene rings is 2. The van der Waals surface area contributed by atoms with Gasteiger partial charge in [0, 0.05) is 0 Å². The molecule has 0 amide bonds. The molecule has 1 atom stereocenters. The molecule has 0 spiro atoms. The minimum atomic E-state index is -0.589. The minimum absolute atomic E-state index is 0.187. The predicted octanol–water partition coefficient (Wildman–Crippen LogP) is 3.59. The highest BCUT2D eigenvalue weighted by Crippen LogP contribution is 2.30. The largest absolute Gasteiger partial charge is 0.494 e. The Morgan fingerprint density at radius 2 is 1.85 bits per heavy atom. The average Bonchev–Trinajstić information content (AvgIpc) is 3.12. The summed E-state index contributed by atoms with van der Waals surface area (Å²) in [4.78, 5) is 31.5. The van der Waals surface area contributed by atoms with Crippen molar-refractivity contribution in [1.29, 1.82) is 0 Å². The lowest BCUT2D eigenvalue weighted by atomic mass is 9.96. The van der Waals surface area contributed by atoms with Gasteiger partial charge in [0.05, 0.1) is 35.1 Å². The number of carbonyl (C=O) groups is 1. The Bertz CT molecular complexity index is 1350. The topological polar surface area (TPSA) is 69.9 Å². The van der Waals surface area contributed by atoms with Gasteiger partial charge in [0.15, 0.2) is 4.80 Å². The maximum Gasteiger partial charge on any atom is 0.338 e. The second-order valence-corrected chi connectivity index (χ2v) is 8.64. The van der Waals surface area contributed by atoms with Gasteiger partial charge in [0.25, 0.3) is 5.56 Å². The van der Waals surface area contributed by atoms with Crippen LogP contribution in [0.1, 0.15) is 44.4 Å². The number of nitrogens with zero attached hydrogens (tertiary/aromatic N) is 2. The van der Waals surface area contributed by atoms with Gasteiger partial charge in [-0.2, -0.15) is 0 Å². The molecule has 0 aliphatic carbocycles. The molecule has 7 heteroatoms. The van der Waals surface area contributed by atoms with Gasteiger partial charge in [-0.15, -0.1) is 0 Å². The molecular formula is C26H26N2O4S. The van der Waals surface area contributed by atoms with Crippen LogP contribution in [0.25, 0.3) is 6.08 Å². The van der Waals surface area contributed by atoms with E-state index in [9.17, 15) is 9.59 Å². The molecule has 0 saturated carbocycles. The molecule has 170 valence electrons. The van der Waals surface area contributed by atoms with Crippen molar-refractivity contribution in [2.45, 2.75) is 33.2 Å². The number of hydrogen-bond donors (Lipinski definition) is 0. The predicted molar refractivity (Wildman–Crippen MR) is 129 cm³/mol. The zero-order valence-electron chi connectivity index (χ0n) is 18.9. The molecule has 1 aliphatic rings. The van der Waals surface area contributed by atoms with Crippen LogP contribution in [0.5, 0.6) is 5.75 Å². The van der Waals surface area contributed by atoms with E-state index < -0.39 is 12.0 Å². The molecule has 4 rings (SSSR count). The summed E-state index contributed by atoms with van der Waals surface area (Å²) in [6.07, 6.45) is 2.79.